The summed E-state index contributed by atoms with van der Waals surface area (Å²) in [6.07, 6.45) is 0. The molecule has 0 atom stereocenters. The topological polar surface area (TPSA) is 34.0 Å². The van der Waals surface area contributed by atoms with E-state index in [1.165, 1.54) is 44.5 Å². The molecule has 0 radical (unpaired) electrons. The zero-order chi connectivity index (χ0) is 43.5. The molecule has 0 amide bonds. The Labute approximate surface area is 379 Å². The van der Waals surface area contributed by atoms with Crippen LogP contribution in [0, 0.1) is 0 Å². The van der Waals surface area contributed by atoms with Crippen LogP contribution in [0.5, 0.6) is 0 Å². The smallest absolute Gasteiger partial charge is 0.235 e. The minimum atomic E-state index is -0.285. The predicted octanol–water partition coefficient (Wildman–Crippen LogP) is 16.0. The molecular weight excluding hydrogens is 789 g/mol. The summed E-state index contributed by atoms with van der Waals surface area (Å²) in [7, 11) is 0. The van der Waals surface area contributed by atoms with Gasteiger partial charge in [0.15, 0.2) is 0 Å². The highest BCUT2D eigenvalue weighted by Crippen LogP contribution is 2.53. The van der Waals surface area contributed by atoms with Crippen molar-refractivity contribution in [2.24, 2.45) is 0 Å². The first-order valence-electron chi connectivity index (χ1n) is 22.3. The van der Waals surface area contributed by atoms with Gasteiger partial charge < -0.3 is 4.90 Å². The molecule has 0 N–H and O–H groups in total. The highest BCUT2D eigenvalue weighted by Gasteiger charge is 2.39. The van der Waals surface area contributed by atoms with Crippen molar-refractivity contribution < 1.29 is 0 Å². The van der Waals surface area contributed by atoms with E-state index in [1.807, 2.05) is 0 Å². The summed E-state index contributed by atoms with van der Waals surface area (Å²) in [5.74, 6) is 0.642. The van der Waals surface area contributed by atoms with E-state index in [9.17, 15) is 0 Å². The lowest BCUT2D eigenvalue weighted by molar-refractivity contribution is 0.663. The number of anilines is 3. The first-order chi connectivity index (χ1) is 32.0. The number of hydrogen-bond donors (Lipinski definition) is 0. The first kappa shape index (κ1) is 38.3. The molecule has 0 fully saturated rings. The highest BCUT2D eigenvalue weighted by molar-refractivity contribution is 6.14. The number of aromatic nitrogens is 3. The van der Waals surface area contributed by atoms with Gasteiger partial charge in [0.05, 0.1) is 22.4 Å². The molecule has 0 unspecified atom stereocenters. The van der Waals surface area contributed by atoms with E-state index < -0.39 is 0 Å². The fourth-order valence-electron chi connectivity index (χ4n) is 10.1. The van der Waals surface area contributed by atoms with Crippen LogP contribution in [0.4, 0.5) is 17.1 Å². The predicted molar refractivity (Wildman–Crippen MR) is 270 cm³/mol. The van der Waals surface area contributed by atoms with Crippen molar-refractivity contribution in [2.45, 2.75) is 19.3 Å². The maximum absolute atomic E-state index is 5.45. The third-order valence-corrected chi connectivity index (χ3v) is 13.2. The normalized spacial score (nSPS) is 12.6. The standard InChI is InChI=1S/C61H44N4/c1-61(2)54-26-16-15-25-50(54)51-36-37-52-53-39-49(64(47-31-27-43(28-32-47)41-17-7-3-8-18-41)48-33-29-44(30-34-48)42-19-9-4-10-20-42)35-38-57(53)65(59(52)58(51)61)60-62-55(45-21-11-5-12-22-45)40-56(63-60)46-23-13-6-14-24-46/h3-40H,1-2H3. The zero-order valence-corrected chi connectivity index (χ0v) is 36.2. The summed E-state index contributed by atoms with van der Waals surface area (Å²) in [5, 5.41) is 2.30. The average Bonchev–Trinajstić information content (AvgIpc) is 3.83. The van der Waals surface area contributed by atoms with Crippen LogP contribution < -0.4 is 4.90 Å². The summed E-state index contributed by atoms with van der Waals surface area (Å²) >= 11 is 0. The van der Waals surface area contributed by atoms with Crippen LogP contribution in [-0.4, -0.2) is 14.5 Å². The van der Waals surface area contributed by atoms with Gasteiger partial charge in [-0.3, -0.25) is 4.57 Å². The molecule has 0 saturated heterocycles. The molecule has 2 heterocycles. The van der Waals surface area contributed by atoms with E-state index in [2.05, 4.69) is 254 Å². The second kappa shape index (κ2) is 15.5. The quantitative estimate of drug-likeness (QED) is 0.153. The molecule has 1 aliphatic rings. The SMILES string of the molecule is CC1(C)c2ccccc2-c2ccc3c4cc(N(c5ccc(-c6ccccc6)cc5)c5ccc(-c6ccccc6)cc5)ccc4n(-c4nc(-c5ccccc5)cc(-c5ccccc5)n4)c3c21. The molecule has 11 aromatic rings. The second-order valence-electron chi connectivity index (χ2n) is 17.4. The molecule has 9 aromatic carbocycles. The van der Waals surface area contributed by atoms with Gasteiger partial charge in [0.1, 0.15) is 0 Å². The maximum Gasteiger partial charge on any atom is 0.235 e. The number of fused-ring (bicyclic) bond motifs is 7. The summed E-state index contributed by atoms with van der Waals surface area (Å²) in [4.78, 5) is 13.3. The molecule has 65 heavy (non-hydrogen) atoms. The van der Waals surface area contributed by atoms with E-state index in [0.29, 0.717) is 5.95 Å². The van der Waals surface area contributed by atoms with Gasteiger partial charge in [-0.05, 0) is 93.0 Å². The molecule has 1 aliphatic carbocycles. The van der Waals surface area contributed by atoms with Crippen LogP contribution in [-0.2, 0) is 5.41 Å². The minimum absolute atomic E-state index is 0.285. The number of benzene rings is 9. The van der Waals surface area contributed by atoms with E-state index in [0.717, 1.165) is 61.4 Å². The zero-order valence-electron chi connectivity index (χ0n) is 36.2. The Hall–Kier alpha value is -8.34. The number of nitrogens with zero attached hydrogens (tertiary/aromatic N) is 4. The molecule has 0 bridgehead atoms. The van der Waals surface area contributed by atoms with Crippen molar-refractivity contribution >= 4 is 38.9 Å². The number of hydrogen-bond acceptors (Lipinski definition) is 3. The van der Waals surface area contributed by atoms with Crippen LogP contribution in [0.25, 0.3) is 83.6 Å². The second-order valence-corrected chi connectivity index (χ2v) is 17.4. The number of rotatable bonds is 8. The maximum atomic E-state index is 5.45. The van der Waals surface area contributed by atoms with Gasteiger partial charge in [0.25, 0.3) is 0 Å². The molecule has 4 nitrogen and oxygen atoms in total. The average molecular weight is 833 g/mol. The molecule has 12 rings (SSSR count). The fraction of sp³-hybridized carbons (Fsp3) is 0.0492. The van der Waals surface area contributed by atoms with Gasteiger partial charge >= 0.3 is 0 Å². The molecule has 2 aromatic heterocycles. The van der Waals surface area contributed by atoms with Gasteiger partial charge in [-0.1, -0.05) is 196 Å². The van der Waals surface area contributed by atoms with Crippen molar-refractivity contribution in [3.05, 3.63) is 242 Å². The highest BCUT2D eigenvalue weighted by atomic mass is 15.2. The summed E-state index contributed by atoms with van der Waals surface area (Å²) in [6.45, 7) is 4.72. The molecule has 0 aliphatic heterocycles. The minimum Gasteiger partial charge on any atom is -0.310 e. The lowest BCUT2D eigenvalue weighted by atomic mass is 9.81. The first-order valence-corrected chi connectivity index (χ1v) is 22.3. The van der Waals surface area contributed by atoms with Crippen LogP contribution in [0.1, 0.15) is 25.0 Å². The van der Waals surface area contributed by atoms with E-state index in [4.69, 9.17) is 9.97 Å². The van der Waals surface area contributed by atoms with Gasteiger partial charge in [0.2, 0.25) is 5.95 Å². The van der Waals surface area contributed by atoms with Crippen LogP contribution in [0.2, 0.25) is 0 Å². The summed E-state index contributed by atoms with van der Waals surface area (Å²) in [5.41, 5.74) is 18.8. The molecule has 0 spiro atoms. The lowest BCUT2D eigenvalue weighted by Gasteiger charge is -2.26. The Balaban J connectivity index is 1.11. The van der Waals surface area contributed by atoms with E-state index in [1.54, 1.807) is 0 Å². The van der Waals surface area contributed by atoms with Gasteiger partial charge in [0, 0.05) is 44.4 Å². The monoisotopic (exact) mass is 832 g/mol. The van der Waals surface area contributed by atoms with E-state index >= 15 is 0 Å². The van der Waals surface area contributed by atoms with Crippen molar-refractivity contribution in [1.82, 2.24) is 14.5 Å². The van der Waals surface area contributed by atoms with Crippen LogP contribution in [0.15, 0.2) is 231 Å². The Morgan fingerprint density at radius 2 is 0.846 bits per heavy atom. The van der Waals surface area contributed by atoms with Crippen molar-refractivity contribution in [2.75, 3.05) is 4.90 Å². The Bertz CT molecular complexity index is 3380. The Kier molecular flexibility index (Phi) is 9.13. The van der Waals surface area contributed by atoms with Gasteiger partial charge in [-0.2, -0.15) is 0 Å². The molecule has 308 valence electrons. The summed E-state index contributed by atoms with van der Waals surface area (Å²) < 4.78 is 2.34. The summed E-state index contributed by atoms with van der Waals surface area (Å²) in [6, 6.07) is 82.5. The van der Waals surface area contributed by atoms with Gasteiger partial charge in [-0.25, -0.2) is 9.97 Å². The van der Waals surface area contributed by atoms with Crippen molar-refractivity contribution in [3.8, 4) is 61.8 Å². The van der Waals surface area contributed by atoms with Gasteiger partial charge in [-0.15, -0.1) is 0 Å². The molecular formula is C61H44N4. The largest absolute Gasteiger partial charge is 0.310 e. The van der Waals surface area contributed by atoms with Crippen molar-refractivity contribution in [1.29, 1.82) is 0 Å². The third-order valence-electron chi connectivity index (χ3n) is 13.2. The van der Waals surface area contributed by atoms with Crippen molar-refractivity contribution in [3.63, 3.8) is 0 Å². The third kappa shape index (κ3) is 6.53. The van der Waals surface area contributed by atoms with Crippen LogP contribution >= 0.6 is 0 Å². The van der Waals surface area contributed by atoms with E-state index in [-0.39, 0.29) is 5.41 Å². The Morgan fingerprint density at radius 1 is 0.385 bits per heavy atom. The molecule has 0 saturated carbocycles. The lowest BCUT2D eigenvalue weighted by Crippen LogP contribution is -2.17. The fourth-order valence-corrected chi connectivity index (χ4v) is 10.1. The molecule has 4 heteroatoms. The van der Waals surface area contributed by atoms with Crippen LogP contribution in [0.3, 0.4) is 0 Å². The Morgan fingerprint density at radius 3 is 1.38 bits per heavy atom.